The van der Waals surface area contributed by atoms with Crippen LogP contribution in [0.3, 0.4) is 0 Å². The predicted molar refractivity (Wildman–Crippen MR) is 72.3 cm³/mol. The maximum atomic E-state index is 11.9. The molecule has 0 saturated heterocycles. The second-order valence-electron chi connectivity index (χ2n) is 4.48. The molecular weight excluding hydrogens is 250 g/mol. The Labute approximate surface area is 109 Å². The number of hydrogen-bond donors (Lipinski definition) is 1. The van der Waals surface area contributed by atoms with E-state index in [4.69, 9.17) is 4.74 Å². The van der Waals surface area contributed by atoms with Crippen LogP contribution in [0.4, 0.5) is 0 Å². The summed E-state index contributed by atoms with van der Waals surface area (Å²) >= 11 is 0. The highest BCUT2D eigenvalue weighted by Crippen LogP contribution is 2.15. The van der Waals surface area contributed by atoms with Crippen LogP contribution in [-0.4, -0.2) is 21.6 Å². The predicted octanol–water partition coefficient (Wildman–Crippen LogP) is 2.41. The molecule has 0 bridgehead atoms. The second-order valence-corrected chi connectivity index (χ2v) is 6.25. The Morgan fingerprint density at radius 2 is 1.83 bits per heavy atom. The van der Waals surface area contributed by atoms with Crippen LogP contribution in [0, 0.1) is 5.92 Å². The first-order chi connectivity index (χ1) is 8.45. The van der Waals surface area contributed by atoms with Crippen molar-refractivity contribution in [3.05, 3.63) is 24.3 Å². The molecule has 0 unspecified atom stereocenters. The van der Waals surface area contributed by atoms with Crippen LogP contribution in [-0.2, 0) is 10.0 Å². The van der Waals surface area contributed by atoms with Crippen molar-refractivity contribution in [2.75, 3.05) is 13.2 Å². The third kappa shape index (κ3) is 4.66. The highest BCUT2D eigenvalue weighted by atomic mass is 32.2. The van der Waals surface area contributed by atoms with Crippen molar-refractivity contribution in [3.8, 4) is 5.75 Å². The SMILES string of the molecule is CCOc1ccc(S(=O)(=O)NCCC(C)C)cc1. The summed E-state index contributed by atoms with van der Waals surface area (Å²) in [5.74, 6) is 1.16. The average molecular weight is 271 g/mol. The minimum absolute atomic E-state index is 0.273. The van der Waals surface area contributed by atoms with Gasteiger partial charge in [-0.3, -0.25) is 0 Å². The topological polar surface area (TPSA) is 55.4 Å². The molecule has 0 aliphatic heterocycles. The molecule has 0 aliphatic carbocycles. The third-order valence-electron chi connectivity index (χ3n) is 2.46. The summed E-state index contributed by atoms with van der Waals surface area (Å²) < 4.78 is 31.7. The molecule has 102 valence electrons. The van der Waals surface area contributed by atoms with E-state index in [1.807, 2.05) is 6.92 Å². The van der Waals surface area contributed by atoms with Crippen LogP contribution in [0.15, 0.2) is 29.2 Å². The normalized spacial score (nSPS) is 11.8. The molecule has 1 aromatic rings. The van der Waals surface area contributed by atoms with E-state index in [1.54, 1.807) is 24.3 Å². The maximum absolute atomic E-state index is 11.9. The number of nitrogens with one attached hydrogen (secondary N) is 1. The monoisotopic (exact) mass is 271 g/mol. The molecule has 0 aliphatic rings. The number of benzene rings is 1. The molecule has 0 aromatic heterocycles. The van der Waals surface area contributed by atoms with Gasteiger partial charge in [0.15, 0.2) is 0 Å². The summed E-state index contributed by atoms with van der Waals surface area (Å²) in [7, 11) is -3.39. The Hall–Kier alpha value is -1.07. The van der Waals surface area contributed by atoms with Crippen molar-refractivity contribution >= 4 is 10.0 Å². The molecular formula is C13H21NO3S. The van der Waals surface area contributed by atoms with Gasteiger partial charge in [0, 0.05) is 6.54 Å². The van der Waals surface area contributed by atoms with E-state index < -0.39 is 10.0 Å². The zero-order valence-corrected chi connectivity index (χ0v) is 12.0. The van der Waals surface area contributed by atoms with Crippen LogP contribution in [0.2, 0.25) is 0 Å². The van der Waals surface area contributed by atoms with Crippen molar-refractivity contribution in [1.82, 2.24) is 4.72 Å². The molecule has 5 heteroatoms. The second kappa shape index (κ2) is 6.75. The van der Waals surface area contributed by atoms with Gasteiger partial charge < -0.3 is 4.74 Å². The first kappa shape index (κ1) is 15.0. The quantitative estimate of drug-likeness (QED) is 0.828. The van der Waals surface area contributed by atoms with E-state index in [1.165, 1.54) is 0 Å². The first-order valence-corrected chi connectivity index (χ1v) is 7.66. The third-order valence-corrected chi connectivity index (χ3v) is 3.94. The minimum atomic E-state index is -3.39. The van der Waals surface area contributed by atoms with Crippen LogP contribution >= 0.6 is 0 Å². The van der Waals surface area contributed by atoms with Crippen molar-refractivity contribution in [2.45, 2.75) is 32.1 Å². The lowest BCUT2D eigenvalue weighted by Gasteiger charge is -2.09. The molecule has 18 heavy (non-hydrogen) atoms. The largest absolute Gasteiger partial charge is 0.494 e. The molecule has 0 atom stereocenters. The molecule has 1 aromatic carbocycles. The standard InChI is InChI=1S/C13H21NO3S/c1-4-17-12-5-7-13(8-6-12)18(15,16)14-10-9-11(2)3/h5-8,11,14H,4,9-10H2,1-3H3. The van der Waals surface area contributed by atoms with Crippen LogP contribution in [0.25, 0.3) is 0 Å². The van der Waals surface area contributed by atoms with Gasteiger partial charge in [0.2, 0.25) is 10.0 Å². The minimum Gasteiger partial charge on any atom is -0.494 e. The van der Waals surface area contributed by atoms with Gasteiger partial charge in [-0.25, -0.2) is 13.1 Å². The highest BCUT2D eigenvalue weighted by Gasteiger charge is 2.13. The molecule has 0 fully saturated rings. The molecule has 0 amide bonds. The maximum Gasteiger partial charge on any atom is 0.240 e. The van der Waals surface area contributed by atoms with Gasteiger partial charge in [0.05, 0.1) is 11.5 Å². The highest BCUT2D eigenvalue weighted by molar-refractivity contribution is 7.89. The van der Waals surface area contributed by atoms with E-state index in [2.05, 4.69) is 18.6 Å². The molecule has 0 spiro atoms. The number of rotatable bonds is 7. The fourth-order valence-corrected chi connectivity index (χ4v) is 2.49. The Bertz CT molecular complexity index is 452. The molecule has 4 nitrogen and oxygen atoms in total. The Kier molecular flexibility index (Phi) is 5.62. The summed E-state index contributed by atoms with van der Waals surface area (Å²) in [6, 6.07) is 6.45. The van der Waals surface area contributed by atoms with Gasteiger partial charge in [-0.2, -0.15) is 0 Å². The van der Waals surface area contributed by atoms with Gasteiger partial charge in [0.25, 0.3) is 0 Å². The summed E-state index contributed by atoms with van der Waals surface area (Å²) in [6.07, 6.45) is 0.830. The van der Waals surface area contributed by atoms with Crippen molar-refractivity contribution in [2.24, 2.45) is 5.92 Å². The summed E-state index contributed by atoms with van der Waals surface area (Å²) in [6.45, 7) is 7.04. The molecule has 1 N–H and O–H groups in total. The van der Waals surface area contributed by atoms with E-state index in [-0.39, 0.29) is 4.90 Å². The fraction of sp³-hybridized carbons (Fsp3) is 0.538. The average Bonchev–Trinajstić information content (AvgIpc) is 2.29. The molecule has 0 heterocycles. The summed E-state index contributed by atoms with van der Waals surface area (Å²) in [4.78, 5) is 0.273. The fourth-order valence-electron chi connectivity index (χ4n) is 1.45. The number of sulfonamides is 1. The first-order valence-electron chi connectivity index (χ1n) is 6.18. The molecule has 0 radical (unpaired) electrons. The Morgan fingerprint density at radius 3 is 2.33 bits per heavy atom. The van der Waals surface area contributed by atoms with Crippen molar-refractivity contribution in [1.29, 1.82) is 0 Å². The summed E-state index contributed by atoms with van der Waals surface area (Å²) in [5.41, 5.74) is 0. The Morgan fingerprint density at radius 1 is 1.22 bits per heavy atom. The van der Waals surface area contributed by atoms with Crippen molar-refractivity contribution < 1.29 is 13.2 Å². The van der Waals surface area contributed by atoms with Gasteiger partial charge in [-0.15, -0.1) is 0 Å². The van der Waals surface area contributed by atoms with Crippen LogP contribution in [0.1, 0.15) is 27.2 Å². The van der Waals surface area contributed by atoms with E-state index in [9.17, 15) is 8.42 Å². The zero-order chi connectivity index (χ0) is 13.6. The van der Waals surface area contributed by atoms with Gasteiger partial charge >= 0.3 is 0 Å². The van der Waals surface area contributed by atoms with Crippen LogP contribution in [0.5, 0.6) is 5.75 Å². The van der Waals surface area contributed by atoms with Crippen LogP contribution < -0.4 is 9.46 Å². The van der Waals surface area contributed by atoms with Gasteiger partial charge in [0.1, 0.15) is 5.75 Å². The van der Waals surface area contributed by atoms with E-state index in [0.717, 1.165) is 6.42 Å². The summed E-state index contributed by atoms with van der Waals surface area (Å²) in [5, 5.41) is 0. The Balaban J connectivity index is 2.67. The molecule has 0 saturated carbocycles. The van der Waals surface area contributed by atoms with Gasteiger partial charge in [-0.05, 0) is 43.5 Å². The lowest BCUT2D eigenvalue weighted by atomic mass is 10.1. The van der Waals surface area contributed by atoms with Crippen molar-refractivity contribution in [3.63, 3.8) is 0 Å². The van der Waals surface area contributed by atoms with E-state index >= 15 is 0 Å². The van der Waals surface area contributed by atoms with E-state index in [0.29, 0.717) is 24.8 Å². The molecule has 1 rings (SSSR count). The zero-order valence-electron chi connectivity index (χ0n) is 11.1. The number of hydrogen-bond acceptors (Lipinski definition) is 3. The number of ether oxygens (including phenoxy) is 1. The smallest absolute Gasteiger partial charge is 0.240 e. The lowest BCUT2D eigenvalue weighted by molar-refractivity contribution is 0.340. The lowest BCUT2D eigenvalue weighted by Crippen LogP contribution is -2.25. The van der Waals surface area contributed by atoms with Gasteiger partial charge in [-0.1, -0.05) is 13.8 Å².